The third-order valence-electron chi connectivity index (χ3n) is 7.72. The number of ether oxygens (including phenoxy) is 1. The van der Waals surface area contributed by atoms with Crippen molar-refractivity contribution in [3.8, 4) is 29.2 Å². The van der Waals surface area contributed by atoms with Gasteiger partial charge in [0.25, 0.3) is 0 Å². The molecule has 3 heteroatoms. The van der Waals surface area contributed by atoms with E-state index in [0.717, 1.165) is 46.7 Å². The van der Waals surface area contributed by atoms with Crippen molar-refractivity contribution in [2.45, 2.75) is 90.6 Å². The molecule has 2 nitrogen and oxygen atoms in total. The van der Waals surface area contributed by atoms with Crippen LogP contribution in [-0.2, 0) is 5.41 Å². The number of nitrogens with zero attached hydrogens (tertiary/aromatic N) is 1. The molecule has 4 rings (SSSR count). The lowest BCUT2D eigenvalue weighted by Crippen LogP contribution is -2.51. The van der Waals surface area contributed by atoms with Crippen molar-refractivity contribution < 1.29 is 4.74 Å². The Morgan fingerprint density at radius 1 is 1.14 bits per heavy atom. The number of hydrogen-bond acceptors (Lipinski definition) is 2. The van der Waals surface area contributed by atoms with Gasteiger partial charge in [-0.05, 0) is 66.5 Å². The Kier molecular flexibility index (Phi) is 7.61. The van der Waals surface area contributed by atoms with Gasteiger partial charge in [-0.3, -0.25) is 0 Å². The summed E-state index contributed by atoms with van der Waals surface area (Å²) in [4.78, 5) is 2.74. The van der Waals surface area contributed by atoms with Gasteiger partial charge in [0.2, 0.25) is 0 Å². The predicted molar refractivity (Wildman–Crippen MR) is 160 cm³/mol. The molecule has 0 N–H and O–H groups in total. The number of terminal acetylenes is 1. The summed E-state index contributed by atoms with van der Waals surface area (Å²) in [6, 6.07) is 17.5. The lowest BCUT2D eigenvalue weighted by Gasteiger charge is -2.46. The highest BCUT2D eigenvalue weighted by Gasteiger charge is 2.39. The van der Waals surface area contributed by atoms with Gasteiger partial charge in [-0.2, -0.15) is 0 Å². The van der Waals surface area contributed by atoms with Crippen LogP contribution in [0, 0.1) is 35.8 Å². The summed E-state index contributed by atoms with van der Waals surface area (Å²) in [5.41, 5.74) is 5.80. The highest BCUT2D eigenvalue weighted by atomic mass is 79.9. The van der Waals surface area contributed by atoms with Gasteiger partial charge in [0.1, 0.15) is 5.76 Å². The van der Waals surface area contributed by atoms with Crippen LogP contribution in [0.5, 0.6) is 5.75 Å². The van der Waals surface area contributed by atoms with E-state index < -0.39 is 0 Å². The average molecular weight is 559 g/mol. The number of anilines is 1. The van der Waals surface area contributed by atoms with E-state index >= 15 is 0 Å². The fraction of sp³-hybridized carbons (Fsp3) is 0.471. The molecular weight excluding hydrogens is 518 g/mol. The molecular formula is C34H40BrNO. The summed E-state index contributed by atoms with van der Waals surface area (Å²) in [6.45, 7) is 17.8. The van der Waals surface area contributed by atoms with E-state index in [1.165, 1.54) is 5.57 Å². The number of hydrogen-bond donors (Lipinski definition) is 0. The van der Waals surface area contributed by atoms with Crippen molar-refractivity contribution in [3.63, 3.8) is 0 Å². The maximum atomic E-state index is 6.57. The number of benzene rings is 1. The summed E-state index contributed by atoms with van der Waals surface area (Å²) in [5.74, 6) is 5.17. The second kappa shape index (κ2) is 10.3. The maximum Gasteiger partial charge on any atom is 0.151 e. The van der Waals surface area contributed by atoms with E-state index in [-0.39, 0.29) is 28.8 Å². The Labute approximate surface area is 233 Å². The molecule has 0 saturated heterocycles. The van der Waals surface area contributed by atoms with Crippen molar-refractivity contribution in [1.82, 2.24) is 0 Å². The minimum atomic E-state index is -0.0861. The van der Waals surface area contributed by atoms with Crippen LogP contribution >= 0.6 is 15.9 Å². The molecule has 0 aromatic heterocycles. The molecule has 37 heavy (non-hydrogen) atoms. The second-order valence-electron chi connectivity index (χ2n) is 12.6. The molecule has 4 unspecified atom stereocenters. The zero-order valence-corrected chi connectivity index (χ0v) is 25.2. The van der Waals surface area contributed by atoms with Gasteiger partial charge >= 0.3 is 0 Å². The maximum absolute atomic E-state index is 6.57. The Morgan fingerprint density at radius 3 is 2.46 bits per heavy atom. The first-order chi connectivity index (χ1) is 17.3. The first-order valence-electron chi connectivity index (χ1n) is 13.4. The summed E-state index contributed by atoms with van der Waals surface area (Å²) >= 11 is 3.79. The standard InChI is InChI=1S/C34H40BrNO/c1-10-28(22(2)19-23(3)33(4,5)6)36-29-17-13-25(24-11-14-26(15-12-24)34(7,8)9)20-31(29)37-32-21-27(35)16-18-30(32)36/h1,11,13-14,17,19-22,27-28,30H,16,18H2,2-9H3. The Morgan fingerprint density at radius 2 is 1.86 bits per heavy atom. The molecule has 1 heterocycles. The fourth-order valence-electron chi connectivity index (χ4n) is 5.04. The quantitative estimate of drug-likeness (QED) is 0.211. The number of halogens is 1. The molecule has 0 fully saturated rings. The molecule has 1 aliphatic carbocycles. The SMILES string of the molecule is C#CC(C(C)C=C(C)C(C)(C)C)N1c2ccc(-c3c#cc(C(C)(C)C)cc3)cc2OC2=CC(Br)CCC21. The van der Waals surface area contributed by atoms with Gasteiger partial charge in [-0.25, -0.2) is 0 Å². The minimum absolute atomic E-state index is 0.0455. The number of alkyl halides is 1. The molecule has 2 aromatic rings. The van der Waals surface area contributed by atoms with Gasteiger partial charge in [-0.1, -0.05) is 100 Å². The third kappa shape index (κ3) is 5.78. The zero-order chi connectivity index (χ0) is 27.1. The topological polar surface area (TPSA) is 12.5 Å². The molecule has 0 radical (unpaired) electrons. The molecule has 0 saturated carbocycles. The summed E-state index contributed by atoms with van der Waals surface area (Å²) in [6.07, 6.45) is 12.9. The van der Waals surface area contributed by atoms with Gasteiger partial charge < -0.3 is 9.64 Å². The van der Waals surface area contributed by atoms with Crippen LogP contribution in [0.1, 0.15) is 73.8 Å². The van der Waals surface area contributed by atoms with Crippen molar-refractivity contribution in [3.05, 3.63) is 71.5 Å². The normalized spacial score (nSPS) is 21.5. The van der Waals surface area contributed by atoms with E-state index in [1.807, 2.05) is 0 Å². The Bertz CT molecular complexity index is 1230. The van der Waals surface area contributed by atoms with Gasteiger partial charge in [0.05, 0.1) is 17.8 Å². The average Bonchev–Trinajstić information content (AvgIpc) is 2.82. The third-order valence-corrected chi connectivity index (χ3v) is 8.45. The van der Waals surface area contributed by atoms with Crippen molar-refractivity contribution in [2.24, 2.45) is 11.3 Å². The molecule has 2 aliphatic rings. The highest BCUT2D eigenvalue weighted by molar-refractivity contribution is 9.09. The number of allylic oxidation sites excluding steroid dienone is 2. The molecule has 194 valence electrons. The van der Waals surface area contributed by atoms with E-state index in [4.69, 9.17) is 11.2 Å². The van der Waals surface area contributed by atoms with E-state index in [1.54, 1.807) is 0 Å². The van der Waals surface area contributed by atoms with Crippen LogP contribution in [0.3, 0.4) is 0 Å². The first-order valence-corrected chi connectivity index (χ1v) is 14.3. The first kappa shape index (κ1) is 27.4. The van der Waals surface area contributed by atoms with Gasteiger partial charge in [-0.15, -0.1) is 6.42 Å². The van der Waals surface area contributed by atoms with Crippen LogP contribution in [0.4, 0.5) is 5.69 Å². The Hall–Kier alpha value is -2.62. The van der Waals surface area contributed by atoms with E-state index in [2.05, 4.69) is 137 Å². The van der Waals surface area contributed by atoms with Crippen molar-refractivity contribution in [1.29, 1.82) is 0 Å². The van der Waals surface area contributed by atoms with Crippen molar-refractivity contribution in [2.75, 3.05) is 4.90 Å². The van der Waals surface area contributed by atoms with Gasteiger partial charge in [0.15, 0.2) is 5.75 Å². The molecule has 4 atom stereocenters. The zero-order valence-electron chi connectivity index (χ0n) is 23.6. The van der Waals surface area contributed by atoms with Crippen molar-refractivity contribution >= 4 is 21.6 Å². The van der Waals surface area contributed by atoms with Crippen LogP contribution in [0.25, 0.3) is 11.1 Å². The lowest BCUT2D eigenvalue weighted by atomic mass is 9.83. The van der Waals surface area contributed by atoms with Crippen LogP contribution in [0.15, 0.2) is 53.8 Å². The Balaban J connectivity index is 1.77. The number of fused-ring (bicyclic) bond motifs is 2. The molecule has 1 aliphatic heterocycles. The number of rotatable bonds is 4. The monoisotopic (exact) mass is 557 g/mol. The molecule has 0 bridgehead atoms. The van der Waals surface area contributed by atoms with Gasteiger partial charge in [0, 0.05) is 21.9 Å². The minimum Gasteiger partial charge on any atom is -0.458 e. The summed E-state index contributed by atoms with van der Waals surface area (Å²) in [7, 11) is 0. The smallest absolute Gasteiger partial charge is 0.151 e. The summed E-state index contributed by atoms with van der Waals surface area (Å²) in [5, 5.41) is 0. The molecule has 2 aromatic carbocycles. The second-order valence-corrected chi connectivity index (χ2v) is 13.8. The van der Waals surface area contributed by atoms with E-state index in [0.29, 0.717) is 4.83 Å². The highest BCUT2D eigenvalue weighted by Crippen LogP contribution is 2.45. The predicted octanol–water partition coefficient (Wildman–Crippen LogP) is 8.89. The fourth-order valence-corrected chi connectivity index (χ4v) is 5.56. The largest absolute Gasteiger partial charge is 0.458 e. The molecule has 0 spiro atoms. The van der Waals surface area contributed by atoms with Crippen LogP contribution in [0.2, 0.25) is 0 Å². The molecule has 0 amide bonds. The van der Waals surface area contributed by atoms with Crippen LogP contribution < -0.4 is 9.64 Å². The van der Waals surface area contributed by atoms with Crippen LogP contribution in [-0.4, -0.2) is 16.9 Å². The lowest BCUT2D eigenvalue weighted by molar-refractivity contribution is 0.315. The summed E-state index contributed by atoms with van der Waals surface area (Å²) < 4.78 is 6.57. The van der Waals surface area contributed by atoms with E-state index in [9.17, 15) is 0 Å².